The number of nitrogens with one attached hydrogen (secondary N) is 2. The first-order chi connectivity index (χ1) is 15.2. The number of aromatic amines is 1. The van der Waals surface area contributed by atoms with Gasteiger partial charge in [0.25, 0.3) is 11.8 Å². The summed E-state index contributed by atoms with van der Waals surface area (Å²) in [6.45, 7) is 0.376. The van der Waals surface area contributed by atoms with Crippen LogP contribution in [0.5, 0.6) is 0 Å². The fourth-order valence-corrected chi connectivity index (χ4v) is 4.96. The highest BCUT2D eigenvalue weighted by Crippen LogP contribution is 2.46. The smallest absolute Gasteiger partial charge is 0.272 e. The van der Waals surface area contributed by atoms with E-state index in [9.17, 15) is 23.2 Å². The van der Waals surface area contributed by atoms with Gasteiger partial charge in [0.2, 0.25) is 5.91 Å². The largest absolute Gasteiger partial charge is 0.364 e. The molecule has 2 aromatic rings. The number of carbonyl (C=O) groups excluding carboxylic acids is 3. The number of H-pyrrole nitrogens is 1. The highest BCUT2D eigenvalue weighted by atomic mass is 35.5. The van der Waals surface area contributed by atoms with Crippen LogP contribution in [0.1, 0.15) is 59.5 Å². The van der Waals surface area contributed by atoms with Crippen molar-refractivity contribution < 1.29 is 23.2 Å². The maximum Gasteiger partial charge on any atom is 0.272 e. The molecule has 32 heavy (non-hydrogen) atoms. The molecule has 1 aliphatic carbocycles. The lowest BCUT2D eigenvalue weighted by molar-refractivity contribution is -0.132. The van der Waals surface area contributed by atoms with E-state index in [0.29, 0.717) is 45.1 Å². The predicted octanol–water partition coefficient (Wildman–Crippen LogP) is 2.93. The Balaban J connectivity index is 1.45. The van der Waals surface area contributed by atoms with Crippen molar-refractivity contribution in [3.63, 3.8) is 0 Å². The Labute approximate surface area is 187 Å². The van der Waals surface area contributed by atoms with Crippen molar-refractivity contribution >= 4 is 35.0 Å². The van der Waals surface area contributed by atoms with Crippen molar-refractivity contribution in [1.29, 1.82) is 0 Å². The molecule has 2 heterocycles. The molecule has 0 unspecified atom stereocenters. The van der Waals surface area contributed by atoms with E-state index < -0.39 is 28.9 Å². The zero-order chi connectivity index (χ0) is 23.0. The van der Waals surface area contributed by atoms with E-state index >= 15 is 0 Å². The molecule has 170 valence electrons. The number of benzene rings is 1. The maximum atomic E-state index is 13.8. The molecule has 11 heteroatoms. The van der Waals surface area contributed by atoms with Gasteiger partial charge in [-0.05, 0) is 44.6 Å². The average Bonchev–Trinajstić information content (AvgIpc) is 3.25. The van der Waals surface area contributed by atoms with Crippen LogP contribution in [0, 0.1) is 17.0 Å². The Bertz CT molecular complexity index is 1080. The van der Waals surface area contributed by atoms with Crippen molar-refractivity contribution in [2.75, 3.05) is 11.4 Å². The van der Waals surface area contributed by atoms with Gasteiger partial charge in [0.1, 0.15) is 5.69 Å². The predicted molar refractivity (Wildman–Crippen MR) is 112 cm³/mol. The zero-order valence-electron chi connectivity index (χ0n) is 17.1. The van der Waals surface area contributed by atoms with Crippen LogP contribution in [0.4, 0.5) is 14.5 Å². The van der Waals surface area contributed by atoms with Crippen LogP contribution >= 0.6 is 11.6 Å². The highest BCUT2D eigenvalue weighted by molar-refractivity contribution is 6.33. The van der Waals surface area contributed by atoms with E-state index in [2.05, 4.69) is 15.3 Å². The number of nitrogens with zero attached hydrogens (tertiary/aromatic N) is 2. The summed E-state index contributed by atoms with van der Waals surface area (Å²) < 4.78 is 27.3. The first kappa shape index (κ1) is 22.2. The minimum Gasteiger partial charge on any atom is -0.364 e. The lowest BCUT2D eigenvalue weighted by Gasteiger charge is -2.45. The van der Waals surface area contributed by atoms with Crippen LogP contribution in [0.3, 0.4) is 0 Å². The maximum absolute atomic E-state index is 13.8. The second-order valence-corrected chi connectivity index (χ2v) is 8.70. The summed E-state index contributed by atoms with van der Waals surface area (Å²) in [4.78, 5) is 45.2. The van der Waals surface area contributed by atoms with E-state index in [1.807, 2.05) is 0 Å². The van der Waals surface area contributed by atoms with Crippen LogP contribution in [-0.4, -0.2) is 40.3 Å². The monoisotopic (exact) mass is 465 g/mol. The number of imidazole rings is 1. The van der Waals surface area contributed by atoms with Crippen molar-refractivity contribution in [2.24, 2.45) is 11.1 Å². The zero-order valence-corrected chi connectivity index (χ0v) is 17.8. The third-order valence-corrected chi connectivity index (χ3v) is 6.70. The number of anilines is 1. The van der Waals surface area contributed by atoms with Crippen LogP contribution in [0.15, 0.2) is 18.5 Å². The number of hydrogen-bond donors (Lipinski definition) is 3. The summed E-state index contributed by atoms with van der Waals surface area (Å²) in [6.07, 6.45) is 4.75. The molecule has 2 fully saturated rings. The highest BCUT2D eigenvalue weighted by Gasteiger charge is 2.47. The Hall–Kier alpha value is -3.01. The quantitative estimate of drug-likeness (QED) is 0.601. The summed E-state index contributed by atoms with van der Waals surface area (Å²) in [5.74, 6) is -3.57. The molecule has 1 spiro atoms. The summed E-state index contributed by atoms with van der Waals surface area (Å²) >= 11 is 6.10. The van der Waals surface area contributed by atoms with Gasteiger partial charge in [-0.2, -0.15) is 0 Å². The first-order valence-electron chi connectivity index (χ1n) is 10.3. The first-order valence-corrected chi connectivity index (χ1v) is 10.7. The molecule has 4 rings (SSSR count). The molecule has 3 amide bonds. The SMILES string of the molecule is NC(=O)c1[nH]cnc1C(=O)N[C@H]1CC[C@]2(CCCN(c3cc(F)c(F)cc3Cl)C2=O)CC1. The van der Waals surface area contributed by atoms with Crippen LogP contribution in [-0.2, 0) is 4.79 Å². The van der Waals surface area contributed by atoms with Gasteiger partial charge in [0.05, 0.1) is 17.0 Å². The Morgan fingerprint density at radius 1 is 1.22 bits per heavy atom. The van der Waals surface area contributed by atoms with E-state index in [1.54, 1.807) is 0 Å². The number of hydrogen-bond acceptors (Lipinski definition) is 4. The van der Waals surface area contributed by atoms with Crippen molar-refractivity contribution in [1.82, 2.24) is 15.3 Å². The number of primary amides is 1. The summed E-state index contributed by atoms with van der Waals surface area (Å²) in [5.41, 5.74) is 4.65. The molecule has 0 radical (unpaired) electrons. The van der Waals surface area contributed by atoms with Gasteiger partial charge < -0.3 is 20.9 Å². The molecule has 2 aliphatic rings. The fraction of sp³-hybridized carbons (Fsp3) is 0.429. The van der Waals surface area contributed by atoms with Crippen LogP contribution < -0.4 is 16.0 Å². The van der Waals surface area contributed by atoms with Gasteiger partial charge in [-0.3, -0.25) is 14.4 Å². The van der Waals surface area contributed by atoms with E-state index in [4.69, 9.17) is 17.3 Å². The molecule has 0 atom stereocenters. The van der Waals surface area contributed by atoms with Crippen LogP contribution in [0.2, 0.25) is 5.02 Å². The van der Waals surface area contributed by atoms with Crippen molar-refractivity contribution in [3.05, 3.63) is 46.5 Å². The topological polar surface area (TPSA) is 121 Å². The molecule has 1 aliphatic heterocycles. The third-order valence-electron chi connectivity index (χ3n) is 6.40. The van der Waals surface area contributed by atoms with E-state index in [-0.39, 0.29) is 34.0 Å². The van der Waals surface area contributed by atoms with Crippen LogP contribution in [0.25, 0.3) is 0 Å². The normalized spacial score (nSPS) is 23.4. The number of piperidine rings is 1. The number of aromatic nitrogens is 2. The molecular weight excluding hydrogens is 444 g/mol. The number of carbonyl (C=O) groups is 3. The molecule has 1 saturated heterocycles. The molecule has 1 saturated carbocycles. The number of amides is 3. The van der Waals surface area contributed by atoms with E-state index in [0.717, 1.165) is 12.1 Å². The average molecular weight is 466 g/mol. The Morgan fingerprint density at radius 3 is 2.59 bits per heavy atom. The fourth-order valence-electron chi connectivity index (χ4n) is 4.71. The van der Waals surface area contributed by atoms with Gasteiger partial charge in [0, 0.05) is 24.1 Å². The van der Waals surface area contributed by atoms with E-state index in [1.165, 1.54) is 11.2 Å². The second kappa shape index (κ2) is 8.50. The van der Waals surface area contributed by atoms with Crippen molar-refractivity contribution in [2.45, 2.75) is 44.6 Å². The molecule has 1 aromatic heterocycles. The van der Waals surface area contributed by atoms with Gasteiger partial charge in [-0.1, -0.05) is 11.6 Å². The van der Waals surface area contributed by atoms with Crippen molar-refractivity contribution in [3.8, 4) is 0 Å². The second-order valence-electron chi connectivity index (χ2n) is 8.30. The lowest BCUT2D eigenvalue weighted by atomic mass is 9.67. The molecule has 0 bridgehead atoms. The standard InChI is InChI=1S/C21H22ClF2N5O3/c22-12-8-13(23)14(24)9-15(12)29-7-1-4-21(20(29)32)5-2-11(3-6-21)28-19(31)17-16(18(25)30)26-10-27-17/h8-11H,1-7H2,(H2,25,30)(H,26,27)(H,28,31)/t11-,21+. The Kier molecular flexibility index (Phi) is 5.89. The third kappa shape index (κ3) is 3.94. The molecular formula is C21H22ClF2N5O3. The summed E-state index contributed by atoms with van der Waals surface area (Å²) in [6, 6.07) is 1.64. The van der Waals surface area contributed by atoms with Gasteiger partial charge in [-0.15, -0.1) is 0 Å². The van der Waals surface area contributed by atoms with Gasteiger partial charge in [-0.25, -0.2) is 13.8 Å². The summed E-state index contributed by atoms with van der Waals surface area (Å²) in [7, 11) is 0. The number of nitrogens with two attached hydrogens (primary N) is 1. The molecule has 8 nitrogen and oxygen atoms in total. The van der Waals surface area contributed by atoms with Gasteiger partial charge in [0.15, 0.2) is 17.3 Å². The molecule has 1 aromatic carbocycles. The molecule has 4 N–H and O–H groups in total. The Morgan fingerprint density at radius 2 is 1.91 bits per heavy atom. The number of rotatable bonds is 4. The van der Waals surface area contributed by atoms with Gasteiger partial charge >= 0.3 is 0 Å². The minimum atomic E-state index is -1.06. The minimum absolute atomic E-state index is 0.0143. The summed E-state index contributed by atoms with van der Waals surface area (Å²) in [5, 5.41) is 2.84. The lowest BCUT2D eigenvalue weighted by Crippen LogP contribution is -2.52. The number of halogens is 3.